The molecule has 9 heteroatoms. The molecule has 0 atom stereocenters. The number of rotatable bonds is 8. The van der Waals surface area contributed by atoms with Crippen LogP contribution in [-0.4, -0.2) is 62.8 Å². The molecule has 0 radical (unpaired) electrons. The topological polar surface area (TPSA) is 86.8 Å². The Kier molecular flexibility index (Phi) is 7.92. The quantitative estimate of drug-likeness (QED) is 0.646. The Labute approximate surface area is 171 Å². The maximum Gasteiger partial charge on any atom is 0.254 e. The van der Waals surface area contributed by atoms with Gasteiger partial charge >= 0.3 is 0 Å². The first-order chi connectivity index (χ1) is 13.7. The molecule has 1 aliphatic heterocycles. The average Bonchev–Trinajstić information content (AvgIpc) is 2.70. The third-order valence-corrected chi connectivity index (χ3v) is 6.18. The fraction of sp³-hybridized carbons (Fsp3) is 0.500. The molecule has 1 heterocycles. The van der Waals surface area contributed by atoms with Gasteiger partial charge in [0.15, 0.2) is 0 Å². The van der Waals surface area contributed by atoms with E-state index in [1.165, 1.54) is 12.1 Å². The average molecular weight is 426 g/mol. The number of halogens is 1. The number of nitrogens with one attached hydrogen (secondary N) is 1. The number of hydrogen-bond donors (Lipinski definition) is 1. The predicted octanol–water partition coefficient (Wildman–Crippen LogP) is 2.01. The minimum atomic E-state index is -4.09. The van der Waals surface area contributed by atoms with E-state index in [9.17, 15) is 22.4 Å². The molecule has 1 fully saturated rings. The molecule has 0 spiro atoms. The molecule has 160 valence electrons. The molecule has 2 rings (SSSR count). The van der Waals surface area contributed by atoms with E-state index >= 15 is 0 Å². The molecule has 0 unspecified atom stereocenters. The van der Waals surface area contributed by atoms with Gasteiger partial charge < -0.3 is 9.80 Å². The van der Waals surface area contributed by atoms with Crippen molar-refractivity contribution in [1.29, 1.82) is 0 Å². The molecule has 0 saturated carbocycles. The van der Waals surface area contributed by atoms with Crippen LogP contribution in [0.4, 0.5) is 4.39 Å². The summed E-state index contributed by atoms with van der Waals surface area (Å²) < 4.78 is 40.7. The van der Waals surface area contributed by atoms with Crippen LogP contribution in [0.5, 0.6) is 0 Å². The number of amides is 2. The molecule has 1 saturated heterocycles. The summed E-state index contributed by atoms with van der Waals surface area (Å²) in [5.41, 5.74) is 0.0879. The molecule has 0 aromatic heterocycles. The molecule has 2 amide bonds. The smallest absolute Gasteiger partial charge is 0.254 e. The molecule has 0 aliphatic carbocycles. The Bertz CT molecular complexity index is 862. The second kappa shape index (κ2) is 9.98. The van der Waals surface area contributed by atoms with Crippen LogP contribution < -0.4 is 4.72 Å². The van der Waals surface area contributed by atoms with Gasteiger partial charge in [-0.05, 0) is 30.5 Å². The van der Waals surface area contributed by atoms with Crippen molar-refractivity contribution in [3.05, 3.63) is 42.2 Å². The van der Waals surface area contributed by atoms with Crippen LogP contribution in [0.25, 0.3) is 0 Å². The summed E-state index contributed by atoms with van der Waals surface area (Å²) in [6, 6.07) is 3.29. The van der Waals surface area contributed by atoms with Gasteiger partial charge in [0.25, 0.3) is 5.91 Å². The lowest BCUT2D eigenvalue weighted by Crippen LogP contribution is -2.50. The Balaban J connectivity index is 2.06. The van der Waals surface area contributed by atoms with E-state index in [1.54, 1.807) is 9.80 Å². The second-order valence-electron chi connectivity index (χ2n) is 7.39. The third-order valence-electron chi connectivity index (χ3n) is 4.74. The molecule has 7 nitrogen and oxygen atoms in total. The van der Waals surface area contributed by atoms with Crippen LogP contribution in [-0.2, 0) is 14.8 Å². The molecular weight excluding hydrogens is 397 g/mol. The molecule has 1 N–H and O–H groups in total. The number of benzene rings is 1. The minimum Gasteiger partial charge on any atom is -0.339 e. The van der Waals surface area contributed by atoms with Gasteiger partial charge in [0.1, 0.15) is 10.7 Å². The summed E-state index contributed by atoms with van der Waals surface area (Å²) in [6.07, 6.45) is 2.65. The summed E-state index contributed by atoms with van der Waals surface area (Å²) in [4.78, 5) is 27.7. The highest BCUT2D eigenvalue weighted by atomic mass is 32.2. The van der Waals surface area contributed by atoms with Crippen LogP contribution in [0.15, 0.2) is 35.7 Å². The van der Waals surface area contributed by atoms with Crippen LogP contribution >= 0.6 is 0 Å². The van der Waals surface area contributed by atoms with Gasteiger partial charge in [-0.25, -0.2) is 17.5 Å². The summed E-state index contributed by atoms with van der Waals surface area (Å²) in [7, 11) is -4.09. The van der Waals surface area contributed by atoms with E-state index in [4.69, 9.17) is 0 Å². The van der Waals surface area contributed by atoms with Gasteiger partial charge in [-0.15, -0.1) is 6.58 Å². The highest BCUT2D eigenvalue weighted by Crippen LogP contribution is 2.19. The van der Waals surface area contributed by atoms with Crippen LogP contribution in [0.3, 0.4) is 0 Å². The lowest BCUT2D eigenvalue weighted by Gasteiger charge is -2.35. The summed E-state index contributed by atoms with van der Waals surface area (Å²) in [5, 5.41) is 0. The lowest BCUT2D eigenvalue weighted by molar-refractivity contribution is -0.132. The van der Waals surface area contributed by atoms with E-state index in [1.807, 2.05) is 0 Å². The van der Waals surface area contributed by atoms with Gasteiger partial charge in [-0.1, -0.05) is 19.9 Å². The van der Waals surface area contributed by atoms with Crippen LogP contribution in [0, 0.1) is 11.7 Å². The fourth-order valence-electron chi connectivity index (χ4n) is 3.00. The SMILES string of the molecule is C=CCNS(=O)(=O)c1cc(C(=O)N2CCN(C(=O)CCC(C)C)CC2)ccc1F. The zero-order chi connectivity index (χ0) is 21.6. The number of piperazine rings is 1. The number of carbonyl (C=O) groups excluding carboxylic acids is 2. The van der Waals surface area contributed by atoms with E-state index in [2.05, 4.69) is 25.1 Å². The first-order valence-electron chi connectivity index (χ1n) is 9.63. The molecule has 1 aliphatic rings. The minimum absolute atomic E-state index is 0.0489. The Morgan fingerprint density at radius 2 is 1.83 bits per heavy atom. The largest absolute Gasteiger partial charge is 0.339 e. The maximum atomic E-state index is 14.1. The number of carbonyl (C=O) groups is 2. The van der Waals surface area contributed by atoms with Crippen molar-refractivity contribution in [3.63, 3.8) is 0 Å². The van der Waals surface area contributed by atoms with Gasteiger partial charge in [-0.3, -0.25) is 9.59 Å². The van der Waals surface area contributed by atoms with Crippen molar-refractivity contribution in [2.75, 3.05) is 32.7 Å². The normalized spacial score (nSPS) is 14.9. The zero-order valence-corrected chi connectivity index (χ0v) is 17.7. The van der Waals surface area contributed by atoms with Crippen LogP contribution in [0.1, 0.15) is 37.0 Å². The summed E-state index contributed by atoms with van der Waals surface area (Å²) in [5.74, 6) is -0.792. The maximum absolute atomic E-state index is 14.1. The highest BCUT2D eigenvalue weighted by Gasteiger charge is 2.27. The Hall–Kier alpha value is -2.26. The first kappa shape index (κ1) is 23.0. The predicted molar refractivity (Wildman–Crippen MR) is 108 cm³/mol. The second-order valence-corrected chi connectivity index (χ2v) is 9.13. The van der Waals surface area contributed by atoms with Gasteiger partial charge in [-0.2, -0.15) is 0 Å². The van der Waals surface area contributed by atoms with Crippen molar-refractivity contribution >= 4 is 21.8 Å². The van der Waals surface area contributed by atoms with Crippen molar-refractivity contribution < 1.29 is 22.4 Å². The lowest BCUT2D eigenvalue weighted by atomic mass is 10.1. The first-order valence-corrected chi connectivity index (χ1v) is 11.1. The Morgan fingerprint density at radius 1 is 1.21 bits per heavy atom. The van der Waals surface area contributed by atoms with Crippen molar-refractivity contribution in [3.8, 4) is 0 Å². The van der Waals surface area contributed by atoms with Gasteiger partial charge in [0.05, 0.1) is 0 Å². The summed E-state index contributed by atoms with van der Waals surface area (Å²) >= 11 is 0. The van der Waals surface area contributed by atoms with Gasteiger partial charge in [0, 0.05) is 44.7 Å². The third kappa shape index (κ3) is 6.11. The Morgan fingerprint density at radius 3 is 2.41 bits per heavy atom. The highest BCUT2D eigenvalue weighted by molar-refractivity contribution is 7.89. The van der Waals surface area contributed by atoms with E-state index in [-0.39, 0.29) is 23.9 Å². The molecule has 1 aromatic rings. The number of sulfonamides is 1. The van der Waals surface area contributed by atoms with Crippen molar-refractivity contribution in [2.45, 2.75) is 31.6 Å². The molecule has 0 bridgehead atoms. The van der Waals surface area contributed by atoms with Crippen molar-refractivity contribution in [1.82, 2.24) is 14.5 Å². The zero-order valence-electron chi connectivity index (χ0n) is 16.9. The fourth-order valence-corrected chi connectivity index (χ4v) is 4.10. The van der Waals surface area contributed by atoms with Crippen LogP contribution in [0.2, 0.25) is 0 Å². The van der Waals surface area contributed by atoms with Crippen molar-refractivity contribution in [2.24, 2.45) is 5.92 Å². The number of hydrogen-bond acceptors (Lipinski definition) is 4. The number of nitrogens with zero attached hydrogens (tertiary/aromatic N) is 2. The van der Waals surface area contributed by atoms with E-state index in [0.29, 0.717) is 38.5 Å². The summed E-state index contributed by atoms with van der Waals surface area (Å²) in [6.45, 7) is 9.04. The molecular formula is C20H28FN3O4S. The standard InChI is InChI=1S/C20H28FN3O4S/c1-4-9-22-29(27,28)18-14-16(6-7-17(18)21)20(26)24-12-10-23(11-13-24)19(25)8-5-15(2)3/h4,6-7,14-15,22H,1,5,8-13H2,2-3H3. The monoisotopic (exact) mass is 425 g/mol. The molecule has 1 aromatic carbocycles. The molecule has 29 heavy (non-hydrogen) atoms. The van der Waals surface area contributed by atoms with E-state index in [0.717, 1.165) is 18.6 Å². The van der Waals surface area contributed by atoms with E-state index < -0.39 is 20.7 Å². The van der Waals surface area contributed by atoms with Gasteiger partial charge in [0.2, 0.25) is 15.9 Å².